The van der Waals surface area contributed by atoms with Crippen LogP contribution in [0, 0.1) is 0 Å². The van der Waals surface area contributed by atoms with Crippen molar-refractivity contribution in [1.82, 2.24) is 10.3 Å². The minimum absolute atomic E-state index is 0.0437. The van der Waals surface area contributed by atoms with Crippen molar-refractivity contribution in [2.75, 3.05) is 24.2 Å². The van der Waals surface area contributed by atoms with Crippen molar-refractivity contribution < 1.29 is 4.79 Å². The molecular formula is C14H21N3OS. The summed E-state index contributed by atoms with van der Waals surface area (Å²) in [6, 6.07) is 1.84. The van der Waals surface area contributed by atoms with Crippen LogP contribution in [0.25, 0.3) is 0 Å². The number of pyridine rings is 1. The summed E-state index contributed by atoms with van der Waals surface area (Å²) in [4.78, 5) is 16.3. The summed E-state index contributed by atoms with van der Waals surface area (Å²) in [6.45, 7) is 5.74. The van der Waals surface area contributed by atoms with E-state index in [-0.39, 0.29) is 10.7 Å². The SMILES string of the molecule is CCNc1ccncc1C(=O)NCC1(C)CCCS1. The highest BCUT2D eigenvalue weighted by molar-refractivity contribution is 8.00. The van der Waals surface area contributed by atoms with Gasteiger partial charge in [0.05, 0.1) is 11.3 Å². The molecule has 1 fully saturated rings. The standard InChI is InChI=1S/C14H21N3OS/c1-3-16-12-5-7-15-9-11(12)13(18)17-10-14(2)6-4-8-19-14/h5,7,9H,3-4,6,8,10H2,1-2H3,(H,15,16)(H,17,18). The monoisotopic (exact) mass is 279 g/mol. The summed E-state index contributed by atoms with van der Waals surface area (Å²) in [5.74, 6) is 1.15. The molecule has 0 radical (unpaired) electrons. The first-order chi connectivity index (χ1) is 9.14. The van der Waals surface area contributed by atoms with Gasteiger partial charge in [-0.15, -0.1) is 0 Å². The quantitative estimate of drug-likeness (QED) is 0.869. The molecule has 19 heavy (non-hydrogen) atoms. The Kier molecular flexibility index (Phi) is 4.69. The van der Waals surface area contributed by atoms with Gasteiger partial charge in [-0.2, -0.15) is 11.8 Å². The van der Waals surface area contributed by atoms with Gasteiger partial charge in [-0.25, -0.2) is 0 Å². The van der Waals surface area contributed by atoms with Gasteiger partial charge in [-0.3, -0.25) is 9.78 Å². The van der Waals surface area contributed by atoms with Crippen LogP contribution in [-0.4, -0.2) is 34.5 Å². The average Bonchev–Trinajstić information content (AvgIpc) is 2.85. The van der Waals surface area contributed by atoms with Gasteiger partial charge in [0.15, 0.2) is 0 Å². The molecule has 104 valence electrons. The van der Waals surface area contributed by atoms with Crippen molar-refractivity contribution in [2.24, 2.45) is 0 Å². The number of hydrogen-bond acceptors (Lipinski definition) is 4. The normalized spacial score (nSPS) is 22.2. The Morgan fingerprint density at radius 3 is 3.11 bits per heavy atom. The van der Waals surface area contributed by atoms with Gasteiger partial charge < -0.3 is 10.6 Å². The van der Waals surface area contributed by atoms with Crippen LogP contribution < -0.4 is 10.6 Å². The Morgan fingerprint density at radius 1 is 1.58 bits per heavy atom. The molecule has 2 heterocycles. The minimum atomic E-state index is -0.0437. The van der Waals surface area contributed by atoms with E-state index in [0.29, 0.717) is 5.56 Å². The van der Waals surface area contributed by atoms with Gasteiger partial charge in [-0.05, 0) is 38.5 Å². The van der Waals surface area contributed by atoms with Gasteiger partial charge >= 0.3 is 0 Å². The van der Waals surface area contributed by atoms with Crippen molar-refractivity contribution in [3.63, 3.8) is 0 Å². The third-order valence-electron chi connectivity index (χ3n) is 3.36. The lowest BCUT2D eigenvalue weighted by Gasteiger charge is -2.23. The Bertz CT molecular complexity index is 444. The lowest BCUT2D eigenvalue weighted by Crippen LogP contribution is -2.37. The van der Waals surface area contributed by atoms with Crippen molar-refractivity contribution in [1.29, 1.82) is 0 Å². The number of amides is 1. The highest BCUT2D eigenvalue weighted by Gasteiger charge is 2.30. The average molecular weight is 279 g/mol. The fourth-order valence-corrected chi connectivity index (χ4v) is 3.50. The van der Waals surface area contributed by atoms with E-state index in [4.69, 9.17) is 0 Å². The van der Waals surface area contributed by atoms with Gasteiger partial charge in [0.2, 0.25) is 0 Å². The summed E-state index contributed by atoms with van der Waals surface area (Å²) < 4.78 is 0.191. The van der Waals surface area contributed by atoms with Crippen LogP contribution in [-0.2, 0) is 0 Å². The van der Waals surface area contributed by atoms with E-state index in [1.807, 2.05) is 24.8 Å². The van der Waals surface area contributed by atoms with E-state index in [0.717, 1.165) is 18.8 Å². The molecule has 0 bridgehead atoms. The fraction of sp³-hybridized carbons (Fsp3) is 0.571. The molecule has 1 aromatic heterocycles. The topological polar surface area (TPSA) is 54.0 Å². The molecule has 0 spiro atoms. The Labute approximate surface area is 118 Å². The second kappa shape index (κ2) is 6.28. The largest absolute Gasteiger partial charge is 0.385 e. The predicted octanol–water partition coefficient (Wildman–Crippen LogP) is 2.53. The van der Waals surface area contributed by atoms with Crippen LogP contribution in [0.3, 0.4) is 0 Å². The number of rotatable bonds is 5. The fourth-order valence-electron chi connectivity index (χ4n) is 2.26. The van der Waals surface area contributed by atoms with Crippen LogP contribution in [0.2, 0.25) is 0 Å². The van der Waals surface area contributed by atoms with E-state index in [1.165, 1.54) is 18.6 Å². The summed E-state index contributed by atoms with van der Waals surface area (Å²) in [5.41, 5.74) is 1.47. The van der Waals surface area contributed by atoms with Crippen molar-refractivity contribution >= 4 is 23.4 Å². The first-order valence-corrected chi connectivity index (χ1v) is 7.73. The van der Waals surface area contributed by atoms with Crippen LogP contribution in [0.5, 0.6) is 0 Å². The number of nitrogens with zero attached hydrogens (tertiary/aromatic N) is 1. The number of thioether (sulfide) groups is 1. The maximum atomic E-state index is 12.2. The number of carbonyl (C=O) groups is 1. The molecule has 4 nitrogen and oxygen atoms in total. The van der Waals surface area contributed by atoms with Crippen LogP contribution in [0.15, 0.2) is 18.5 Å². The molecule has 0 saturated carbocycles. The molecular weight excluding hydrogens is 258 g/mol. The zero-order valence-corrected chi connectivity index (χ0v) is 12.3. The van der Waals surface area contributed by atoms with Crippen molar-refractivity contribution in [3.8, 4) is 0 Å². The minimum Gasteiger partial charge on any atom is -0.385 e. The van der Waals surface area contributed by atoms with Gasteiger partial charge in [-0.1, -0.05) is 0 Å². The van der Waals surface area contributed by atoms with Crippen molar-refractivity contribution in [3.05, 3.63) is 24.0 Å². The molecule has 0 aliphatic carbocycles. The smallest absolute Gasteiger partial charge is 0.255 e. The molecule has 2 N–H and O–H groups in total. The third-order valence-corrected chi connectivity index (χ3v) is 4.89. The summed E-state index contributed by atoms with van der Waals surface area (Å²) in [6.07, 6.45) is 5.73. The Balaban J connectivity index is 1.99. The Morgan fingerprint density at radius 2 is 2.42 bits per heavy atom. The molecule has 2 rings (SSSR count). The summed E-state index contributed by atoms with van der Waals surface area (Å²) >= 11 is 1.95. The van der Waals surface area contributed by atoms with E-state index in [1.54, 1.807) is 12.4 Å². The first-order valence-electron chi connectivity index (χ1n) is 6.75. The third kappa shape index (κ3) is 3.62. The van der Waals surface area contributed by atoms with Crippen LogP contribution in [0.4, 0.5) is 5.69 Å². The molecule has 1 amide bonds. The molecule has 1 aliphatic heterocycles. The van der Waals surface area contributed by atoms with Gasteiger partial charge in [0, 0.05) is 30.2 Å². The number of carbonyl (C=O) groups excluding carboxylic acids is 1. The number of nitrogens with one attached hydrogen (secondary N) is 2. The van der Waals surface area contributed by atoms with Crippen LogP contribution >= 0.6 is 11.8 Å². The van der Waals surface area contributed by atoms with E-state index < -0.39 is 0 Å². The van der Waals surface area contributed by atoms with E-state index in [2.05, 4.69) is 22.5 Å². The van der Waals surface area contributed by atoms with E-state index >= 15 is 0 Å². The predicted molar refractivity (Wildman–Crippen MR) is 80.8 cm³/mol. The second-order valence-electron chi connectivity index (χ2n) is 5.04. The van der Waals surface area contributed by atoms with E-state index in [9.17, 15) is 4.79 Å². The maximum absolute atomic E-state index is 12.2. The second-order valence-corrected chi connectivity index (χ2v) is 6.72. The molecule has 1 unspecified atom stereocenters. The maximum Gasteiger partial charge on any atom is 0.255 e. The highest BCUT2D eigenvalue weighted by atomic mass is 32.2. The molecule has 0 aromatic carbocycles. The first kappa shape index (κ1) is 14.2. The molecule has 1 saturated heterocycles. The highest BCUT2D eigenvalue weighted by Crippen LogP contribution is 2.37. The van der Waals surface area contributed by atoms with Crippen LogP contribution in [0.1, 0.15) is 37.0 Å². The molecule has 1 aromatic rings. The molecule has 5 heteroatoms. The van der Waals surface area contributed by atoms with Gasteiger partial charge in [0.25, 0.3) is 5.91 Å². The zero-order chi connectivity index (χ0) is 13.7. The number of anilines is 1. The Hall–Kier alpha value is -1.23. The summed E-state index contributed by atoms with van der Waals surface area (Å²) in [7, 11) is 0. The van der Waals surface area contributed by atoms with Crippen molar-refractivity contribution in [2.45, 2.75) is 31.4 Å². The lowest BCUT2D eigenvalue weighted by atomic mass is 10.1. The zero-order valence-electron chi connectivity index (χ0n) is 11.5. The summed E-state index contributed by atoms with van der Waals surface area (Å²) in [5, 5.41) is 6.23. The lowest BCUT2D eigenvalue weighted by molar-refractivity contribution is 0.0950. The molecule has 1 atom stereocenters. The van der Waals surface area contributed by atoms with Gasteiger partial charge in [0.1, 0.15) is 0 Å². The number of hydrogen-bond donors (Lipinski definition) is 2. The molecule has 1 aliphatic rings. The number of aromatic nitrogens is 1.